The van der Waals surface area contributed by atoms with Gasteiger partial charge in [-0.25, -0.2) is 8.42 Å². The number of ether oxygens (including phenoxy) is 1. The first-order chi connectivity index (χ1) is 10.5. The molecule has 2 aromatic rings. The SMILES string of the molecule is CCOc1ccc(NC(=O)CS(=O)(=O)c2ccccc2)cc1. The van der Waals surface area contributed by atoms with Gasteiger partial charge in [-0.2, -0.15) is 0 Å². The zero-order valence-electron chi connectivity index (χ0n) is 12.2. The van der Waals surface area contributed by atoms with Crippen LogP contribution in [0.5, 0.6) is 5.75 Å². The largest absolute Gasteiger partial charge is 0.494 e. The second kappa shape index (κ2) is 7.09. The Bertz CT molecular complexity index is 725. The van der Waals surface area contributed by atoms with Gasteiger partial charge in [-0.05, 0) is 43.3 Å². The molecule has 116 valence electrons. The Labute approximate surface area is 129 Å². The average Bonchev–Trinajstić information content (AvgIpc) is 2.50. The summed E-state index contributed by atoms with van der Waals surface area (Å²) in [4.78, 5) is 12.0. The molecule has 0 spiro atoms. The van der Waals surface area contributed by atoms with Gasteiger partial charge in [0.1, 0.15) is 11.5 Å². The highest BCUT2D eigenvalue weighted by atomic mass is 32.2. The van der Waals surface area contributed by atoms with Crippen LogP contribution in [0.4, 0.5) is 5.69 Å². The van der Waals surface area contributed by atoms with Gasteiger partial charge in [0.2, 0.25) is 5.91 Å². The molecule has 2 aromatic carbocycles. The monoisotopic (exact) mass is 319 g/mol. The maximum Gasteiger partial charge on any atom is 0.239 e. The Morgan fingerprint density at radius 3 is 2.27 bits per heavy atom. The van der Waals surface area contributed by atoms with E-state index in [1.54, 1.807) is 42.5 Å². The van der Waals surface area contributed by atoms with Crippen molar-refractivity contribution in [2.75, 3.05) is 17.7 Å². The van der Waals surface area contributed by atoms with Crippen LogP contribution in [-0.2, 0) is 14.6 Å². The summed E-state index contributed by atoms with van der Waals surface area (Å²) in [5, 5.41) is 2.56. The van der Waals surface area contributed by atoms with Gasteiger partial charge >= 0.3 is 0 Å². The number of nitrogens with one attached hydrogen (secondary N) is 1. The molecular formula is C16H17NO4S. The highest BCUT2D eigenvalue weighted by molar-refractivity contribution is 7.92. The minimum Gasteiger partial charge on any atom is -0.494 e. The van der Waals surface area contributed by atoms with Crippen molar-refractivity contribution >= 4 is 21.4 Å². The van der Waals surface area contributed by atoms with Gasteiger partial charge < -0.3 is 10.1 Å². The highest BCUT2D eigenvalue weighted by Crippen LogP contribution is 2.16. The molecule has 0 aromatic heterocycles. The van der Waals surface area contributed by atoms with Crippen LogP contribution in [0.2, 0.25) is 0 Å². The Morgan fingerprint density at radius 1 is 1.05 bits per heavy atom. The summed E-state index contributed by atoms with van der Waals surface area (Å²) in [6.07, 6.45) is 0. The third-order valence-electron chi connectivity index (χ3n) is 2.87. The smallest absolute Gasteiger partial charge is 0.239 e. The van der Waals surface area contributed by atoms with Crippen LogP contribution in [0.1, 0.15) is 6.92 Å². The molecule has 0 saturated heterocycles. The molecule has 2 rings (SSSR count). The van der Waals surface area contributed by atoms with E-state index in [2.05, 4.69) is 5.32 Å². The molecule has 0 atom stereocenters. The molecule has 1 amide bonds. The second-order valence-electron chi connectivity index (χ2n) is 4.58. The van der Waals surface area contributed by atoms with E-state index in [-0.39, 0.29) is 4.90 Å². The van der Waals surface area contributed by atoms with E-state index in [1.807, 2.05) is 6.92 Å². The van der Waals surface area contributed by atoms with E-state index < -0.39 is 21.5 Å². The number of hydrogen-bond acceptors (Lipinski definition) is 4. The first-order valence-electron chi connectivity index (χ1n) is 6.82. The summed E-state index contributed by atoms with van der Waals surface area (Å²) in [6.45, 7) is 2.44. The lowest BCUT2D eigenvalue weighted by molar-refractivity contribution is -0.113. The summed E-state index contributed by atoms with van der Waals surface area (Å²) >= 11 is 0. The van der Waals surface area contributed by atoms with Gasteiger partial charge in [-0.1, -0.05) is 18.2 Å². The quantitative estimate of drug-likeness (QED) is 0.888. The van der Waals surface area contributed by atoms with Crippen LogP contribution in [-0.4, -0.2) is 26.7 Å². The Hall–Kier alpha value is -2.34. The van der Waals surface area contributed by atoms with Crippen LogP contribution in [0.3, 0.4) is 0 Å². The average molecular weight is 319 g/mol. The number of hydrogen-bond donors (Lipinski definition) is 1. The first-order valence-corrected chi connectivity index (χ1v) is 8.47. The van der Waals surface area contributed by atoms with Crippen LogP contribution in [0.15, 0.2) is 59.5 Å². The van der Waals surface area contributed by atoms with Crippen LogP contribution in [0.25, 0.3) is 0 Å². The maximum atomic E-state index is 12.1. The first kappa shape index (κ1) is 16.0. The van der Waals surface area contributed by atoms with Crippen molar-refractivity contribution in [2.24, 2.45) is 0 Å². The van der Waals surface area contributed by atoms with Crippen molar-refractivity contribution in [1.29, 1.82) is 0 Å². The van der Waals surface area contributed by atoms with E-state index in [4.69, 9.17) is 4.74 Å². The number of rotatable bonds is 6. The molecule has 0 unspecified atom stereocenters. The number of amides is 1. The molecule has 0 heterocycles. The third kappa shape index (κ3) is 4.33. The predicted octanol–water partition coefficient (Wildman–Crippen LogP) is 2.50. The van der Waals surface area contributed by atoms with Crippen molar-refractivity contribution in [2.45, 2.75) is 11.8 Å². The van der Waals surface area contributed by atoms with Gasteiger partial charge in [0.25, 0.3) is 0 Å². The lowest BCUT2D eigenvalue weighted by Crippen LogP contribution is -2.22. The Kier molecular flexibility index (Phi) is 5.16. The molecule has 1 N–H and O–H groups in total. The summed E-state index contributed by atoms with van der Waals surface area (Å²) in [5.74, 6) is -0.477. The summed E-state index contributed by atoms with van der Waals surface area (Å²) in [6, 6.07) is 14.7. The number of carbonyl (C=O) groups excluding carboxylic acids is 1. The molecule has 0 aliphatic carbocycles. The fraction of sp³-hybridized carbons (Fsp3) is 0.188. The number of carbonyl (C=O) groups is 1. The maximum absolute atomic E-state index is 12.1. The van der Waals surface area contributed by atoms with Gasteiger partial charge in [0.15, 0.2) is 9.84 Å². The molecule has 6 heteroatoms. The summed E-state index contributed by atoms with van der Waals surface area (Å²) in [5.41, 5.74) is 0.525. The minimum absolute atomic E-state index is 0.136. The molecule has 5 nitrogen and oxygen atoms in total. The number of anilines is 1. The van der Waals surface area contributed by atoms with Gasteiger partial charge in [-0.15, -0.1) is 0 Å². The van der Waals surface area contributed by atoms with E-state index in [1.165, 1.54) is 12.1 Å². The third-order valence-corrected chi connectivity index (χ3v) is 4.51. The Morgan fingerprint density at radius 2 is 1.68 bits per heavy atom. The van der Waals surface area contributed by atoms with E-state index in [0.717, 1.165) is 0 Å². The zero-order valence-corrected chi connectivity index (χ0v) is 13.0. The molecule has 0 saturated carbocycles. The fourth-order valence-corrected chi connectivity index (χ4v) is 3.04. The van der Waals surface area contributed by atoms with Crippen molar-refractivity contribution < 1.29 is 17.9 Å². The molecule has 0 radical (unpaired) electrons. The lowest BCUT2D eigenvalue weighted by atomic mass is 10.3. The van der Waals surface area contributed by atoms with E-state index >= 15 is 0 Å². The minimum atomic E-state index is -3.63. The van der Waals surface area contributed by atoms with Gasteiger partial charge in [0, 0.05) is 5.69 Å². The predicted molar refractivity (Wildman–Crippen MR) is 84.7 cm³/mol. The van der Waals surface area contributed by atoms with Crippen LogP contribution >= 0.6 is 0 Å². The van der Waals surface area contributed by atoms with E-state index in [9.17, 15) is 13.2 Å². The second-order valence-corrected chi connectivity index (χ2v) is 6.57. The topological polar surface area (TPSA) is 72.5 Å². The summed E-state index contributed by atoms with van der Waals surface area (Å²) < 4.78 is 29.5. The standard InChI is InChI=1S/C16H17NO4S/c1-2-21-14-10-8-13(9-11-14)17-16(18)12-22(19,20)15-6-4-3-5-7-15/h3-11H,2,12H2,1H3,(H,17,18). The van der Waals surface area contributed by atoms with Crippen molar-refractivity contribution in [3.05, 3.63) is 54.6 Å². The fourth-order valence-electron chi connectivity index (χ4n) is 1.88. The Balaban J connectivity index is 2.01. The molecular weight excluding hydrogens is 302 g/mol. The lowest BCUT2D eigenvalue weighted by Gasteiger charge is -2.08. The molecule has 0 fully saturated rings. The summed E-state index contributed by atoms with van der Waals surface area (Å²) in [7, 11) is -3.63. The van der Waals surface area contributed by atoms with E-state index in [0.29, 0.717) is 18.0 Å². The molecule has 0 bridgehead atoms. The van der Waals surface area contributed by atoms with Crippen LogP contribution < -0.4 is 10.1 Å². The normalized spacial score (nSPS) is 11.0. The number of benzene rings is 2. The van der Waals surface area contributed by atoms with Crippen LogP contribution in [0, 0.1) is 0 Å². The highest BCUT2D eigenvalue weighted by Gasteiger charge is 2.18. The molecule has 0 aliphatic rings. The number of sulfone groups is 1. The van der Waals surface area contributed by atoms with Gasteiger partial charge in [-0.3, -0.25) is 4.79 Å². The van der Waals surface area contributed by atoms with Gasteiger partial charge in [0.05, 0.1) is 11.5 Å². The molecule has 22 heavy (non-hydrogen) atoms. The van der Waals surface area contributed by atoms with Crippen molar-refractivity contribution in [3.63, 3.8) is 0 Å². The molecule has 0 aliphatic heterocycles. The van der Waals surface area contributed by atoms with Crippen molar-refractivity contribution in [3.8, 4) is 5.75 Å². The zero-order chi connectivity index (χ0) is 16.0. The van der Waals surface area contributed by atoms with Crippen molar-refractivity contribution in [1.82, 2.24) is 0 Å².